The molecule has 0 aliphatic heterocycles. The van der Waals surface area contributed by atoms with E-state index in [1.807, 2.05) is 0 Å². The third-order valence-electron chi connectivity index (χ3n) is 2.63. The van der Waals surface area contributed by atoms with E-state index < -0.39 is 0 Å². The van der Waals surface area contributed by atoms with E-state index in [4.69, 9.17) is 0 Å². The minimum absolute atomic E-state index is 0.134. The summed E-state index contributed by atoms with van der Waals surface area (Å²) in [5.74, 6) is 1.13. The van der Waals surface area contributed by atoms with Gasteiger partial charge in [0, 0.05) is 5.92 Å². The molecule has 52 valence electrons. The number of hydrogen-bond donors (Lipinski definition) is 0. The number of hydrogen-bond acceptors (Lipinski definition) is 1. The lowest BCUT2D eigenvalue weighted by molar-refractivity contribution is -0.110. The summed E-state index contributed by atoms with van der Waals surface area (Å²) in [6.45, 7) is 3.91. The molecule has 3 unspecified atom stereocenters. The molecule has 2 rings (SSSR count). The summed E-state index contributed by atoms with van der Waals surface area (Å²) >= 11 is 0. The van der Waals surface area contributed by atoms with E-state index >= 15 is 0 Å². The van der Waals surface area contributed by atoms with E-state index in [-0.39, 0.29) is 5.92 Å². The fourth-order valence-electron chi connectivity index (χ4n) is 1.98. The molecule has 0 N–H and O–H groups in total. The highest BCUT2D eigenvalue weighted by molar-refractivity contribution is 5.63. The van der Waals surface area contributed by atoms with Crippen molar-refractivity contribution in [3.8, 4) is 0 Å². The van der Waals surface area contributed by atoms with Gasteiger partial charge in [0.2, 0.25) is 0 Å². The van der Waals surface area contributed by atoms with Crippen molar-refractivity contribution in [1.82, 2.24) is 0 Å². The van der Waals surface area contributed by atoms with Crippen LogP contribution < -0.4 is 0 Å². The van der Waals surface area contributed by atoms with Crippen molar-refractivity contribution in [1.29, 1.82) is 0 Å². The average molecular weight is 134 g/mol. The van der Waals surface area contributed by atoms with Gasteiger partial charge in [0.15, 0.2) is 0 Å². The summed E-state index contributed by atoms with van der Waals surface area (Å²) in [5.41, 5.74) is 1.13. The first-order valence-electron chi connectivity index (χ1n) is 3.65. The monoisotopic (exact) mass is 134 g/mol. The molecular formula is C9H10O. The summed E-state index contributed by atoms with van der Waals surface area (Å²) in [6.07, 6.45) is 6.49. The van der Waals surface area contributed by atoms with Crippen LogP contribution in [-0.2, 0) is 4.79 Å². The van der Waals surface area contributed by atoms with Crippen LogP contribution in [0.1, 0.15) is 6.42 Å². The summed E-state index contributed by atoms with van der Waals surface area (Å²) in [6, 6.07) is 0. The van der Waals surface area contributed by atoms with E-state index in [1.165, 1.54) is 0 Å². The molecule has 1 fully saturated rings. The highest BCUT2D eigenvalue weighted by Crippen LogP contribution is 2.45. The normalized spacial score (nSPS) is 42.8. The maximum absolute atomic E-state index is 10.5. The molecular weight excluding hydrogens is 124 g/mol. The number of allylic oxidation sites excluding steroid dienone is 3. The summed E-state index contributed by atoms with van der Waals surface area (Å²) in [7, 11) is 0. The zero-order valence-corrected chi connectivity index (χ0v) is 5.79. The fraction of sp³-hybridized carbons (Fsp3) is 0.444. The molecule has 0 aromatic heterocycles. The van der Waals surface area contributed by atoms with Crippen LogP contribution in [0, 0.1) is 17.8 Å². The minimum Gasteiger partial charge on any atom is -0.303 e. The van der Waals surface area contributed by atoms with Gasteiger partial charge < -0.3 is 4.79 Å². The van der Waals surface area contributed by atoms with Crippen molar-refractivity contribution >= 4 is 6.29 Å². The van der Waals surface area contributed by atoms with Gasteiger partial charge in [-0.3, -0.25) is 0 Å². The van der Waals surface area contributed by atoms with Gasteiger partial charge >= 0.3 is 0 Å². The smallest absolute Gasteiger partial charge is 0.127 e. The van der Waals surface area contributed by atoms with Crippen molar-refractivity contribution in [2.24, 2.45) is 17.8 Å². The Kier molecular flexibility index (Phi) is 1.07. The molecule has 2 aliphatic carbocycles. The highest BCUT2D eigenvalue weighted by Gasteiger charge is 2.38. The second-order valence-corrected chi connectivity index (χ2v) is 3.13. The maximum Gasteiger partial charge on any atom is 0.127 e. The number of carbonyl (C=O) groups excluding carboxylic acids is 1. The second-order valence-electron chi connectivity index (χ2n) is 3.13. The van der Waals surface area contributed by atoms with Crippen LogP contribution in [-0.4, -0.2) is 6.29 Å². The molecule has 3 atom stereocenters. The highest BCUT2D eigenvalue weighted by atomic mass is 16.1. The van der Waals surface area contributed by atoms with Crippen LogP contribution in [0.2, 0.25) is 0 Å². The molecule has 1 saturated carbocycles. The van der Waals surface area contributed by atoms with E-state index in [0.717, 1.165) is 18.3 Å². The second kappa shape index (κ2) is 1.82. The van der Waals surface area contributed by atoms with Crippen LogP contribution in [0.5, 0.6) is 0 Å². The summed E-state index contributed by atoms with van der Waals surface area (Å²) < 4.78 is 0. The van der Waals surface area contributed by atoms with Crippen molar-refractivity contribution in [2.75, 3.05) is 0 Å². The number of aldehydes is 1. The molecule has 1 heteroatoms. The first kappa shape index (κ1) is 5.90. The summed E-state index contributed by atoms with van der Waals surface area (Å²) in [5, 5.41) is 0. The first-order chi connectivity index (χ1) is 4.83. The van der Waals surface area contributed by atoms with Gasteiger partial charge in [-0.15, -0.1) is 0 Å². The molecule has 2 aliphatic rings. The SMILES string of the molecule is C=C1C2C=CC(C2)C1C=O. The Morgan fingerprint density at radius 2 is 2.40 bits per heavy atom. The lowest BCUT2D eigenvalue weighted by atomic mass is 9.91. The Morgan fingerprint density at radius 1 is 1.60 bits per heavy atom. The van der Waals surface area contributed by atoms with E-state index in [2.05, 4.69) is 18.7 Å². The predicted octanol–water partition coefficient (Wildman–Crippen LogP) is 1.56. The molecule has 10 heavy (non-hydrogen) atoms. The molecule has 0 heterocycles. The Bertz CT molecular complexity index is 215. The van der Waals surface area contributed by atoms with Crippen molar-refractivity contribution in [3.63, 3.8) is 0 Å². The average Bonchev–Trinajstić information content (AvgIpc) is 2.46. The maximum atomic E-state index is 10.5. The van der Waals surface area contributed by atoms with Gasteiger partial charge in [-0.25, -0.2) is 0 Å². The number of fused-ring (bicyclic) bond motifs is 2. The minimum atomic E-state index is 0.134. The van der Waals surface area contributed by atoms with Crippen LogP contribution in [0.15, 0.2) is 24.3 Å². The van der Waals surface area contributed by atoms with Gasteiger partial charge in [-0.1, -0.05) is 24.3 Å². The standard InChI is InChI=1S/C9H10O/c1-6-7-2-3-8(4-7)9(6)5-10/h2-3,5,7-9H,1,4H2. The Labute approximate surface area is 60.4 Å². The van der Waals surface area contributed by atoms with Crippen LogP contribution >= 0.6 is 0 Å². The Hall–Kier alpha value is -0.850. The third kappa shape index (κ3) is 0.551. The van der Waals surface area contributed by atoms with E-state index in [1.54, 1.807) is 0 Å². The molecule has 2 bridgehead atoms. The zero-order chi connectivity index (χ0) is 7.14. The zero-order valence-electron chi connectivity index (χ0n) is 5.79. The molecule has 0 saturated heterocycles. The van der Waals surface area contributed by atoms with E-state index in [0.29, 0.717) is 11.8 Å². The first-order valence-corrected chi connectivity index (χ1v) is 3.65. The van der Waals surface area contributed by atoms with Crippen LogP contribution in [0.4, 0.5) is 0 Å². The van der Waals surface area contributed by atoms with Gasteiger partial charge in [-0.05, 0) is 18.3 Å². The lowest BCUT2D eigenvalue weighted by Gasteiger charge is -2.12. The van der Waals surface area contributed by atoms with Crippen LogP contribution in [0.3, 0.4) is 0 Å². The predicted molar refractivity (Wildman–Crippen MR) is 39.4 cm³/mol. The van der Waals surface area contributed by atoms with Crippen molar-refractivity contribution in [3.05, 3.63) is 24.3 Å². The third-order valence-corrected chi connectivity index (χ3v) is 2.63. The fourth-order valence-corrected chi connectivity index (χ4v) is 1.98. The largest absolute Gasteiger partial charge is 0.303 e. The Balaban J connectivity index is 2.33. The lowest BCUT2D eigenvalue weighted by Crippen LogP contribution is -2.09. The van der Waals surface area contributed by atoms with Gasteiger partial charge in [0.1, 0.15) is 6.29 Å². The number of rotatable bonds is 1. The van der Waals surface area contributed by atoms with Gasteiger partial charge in [0.05, 0.1) is 0 Å². The molecule has 1 nitrogen and oxygen atoms in total. The van der Waals surface area contributed by atoms with Crippen molar-refractivity contribution < 1.29 is 4.79 Å². The molecule has 0 spiro atoms. The topological polar surface area (TPSA) is 17.1 Å². The van der Waals surface area contributed by atoms with Crippen molar-refractivity contribution in [2.45, 2.75) is 6.42 Å². The molecule has 0 aromatic rings. The quantitative estimate of drug-likeness (QED) is 0.393. The molecule has 0 amide bonds. The number of carbonyl (C=O) groups is 1. The van der Waals surface area contributed by atoms with Gasteiger partial charge in [0.25, 0.3) is 0 Å². The Morgan fingerprint density at radius 3 is 2.80 bits per heavy atom. The molecule has 0 aromatic carbocycles. The van der Waals surface area contributed by atoms with Gasteiger partial charge in [-0.2, -0.15) is 0 Å². The summed E-state index contributed by atoms with van der Waals surface area (Å²) in [4.78, 5) is 10.5. The van der Waals surface area contributed by atoms with Crippen LogP contribution in [0.25, 0.3) is 0 Å². The molecule has 0 radical (unpaired) electrons. The van der Waals surface area contributed by atoms with E-state index in [9.17, 15) is 4.79 Å².